The first-order chi connectivity index (χ1) is 16.2. The lowest BCUT2D eigenvalue weighted by Crippen LogP contribution is -2.49. The van der Waals surface area contributed by atoms with Gasteiger partial charge in [-0.3, -0.25) is 14.6 Å². The summed E-state index contributed by atoms with van der Waals surface area (Å²) in [7, 11) is 1.62. The number of amides is 1. The van der Waals surface area contributed by atoms with E-state index in [1.54, 1.807) is 7.11 Å². The molecule has 1 amide bonds. The smallest absolute Gasteiger partial charge is 0.246 e. The fraction of sp³-hybridized carbons (Fsp3) is 0.259. The standard InChI is InChI=1S/C27H28N4O2/c1-33-25-9-5-8-24(18-25)29-27(32)26(23-6-3-2-4-7-23)31-16-14-30(15-17-31)20-22-12-10-21(19-28)11-13-22/h2-13,18,26H,14-17,20H2,1H3,(H,29,32). The van der Waals surface area contributed by atoms with Gasteiger partial charge in [0.25, 0.3) is 0 Å². The molecule has 1 saturated heterocycles. The number of rotatable bonds is 7. The van der Waals surface area contributed by atoms with Crippen LogP contribution >= 0.6 is 0 Å². The first kappa shape index (κ1) is 22.5. The van der Waals surface area contributed by atoms with Crippen molar-refractivity contribution < 1.29 is 9.53 Å². The normalized spacial score (nSPS) is 15.4. The zero-order valence-corrected chi connectivity index (χ0v) is 18.8. The Kier molecular flexibility index (Phi) is 7.36. The van der Waals surface area contributed by atoms with Crippen molar-refractivity contribution in [2.75, 3.05) is 38.6 Å². The summed E-state index contributed by atoms with van der Waals surface area (Å²) < 4.78 is 5.29. The number of carbonyl (C=O) groups excluding carboxylic acids is 1. The number of nitriles is 1. The number of hydrogen-bond donors (Lipinski definition) is 1. The number of nitrogens with one attached hydrogen (secondary N) is 1. The summed E-state index contributed by atoms with van der Waals surface area (Å²) in [6.45, 7) is 4.17. The molecule has 1 heterocycles. The molecule has 3 aromatic carbocycles. The summed E-state index contributed by atoms with van der Waals surface area (Å²) in [6, 6.07) is 26.9. The Hall–Kier alpha value is -3.66. The summed E-state index contributed by atoms with van der Waals surface area (Å²) in [4.78, 5) is 18.1. The lowest BCUT2D eigenvalue weighted by Gasteiger charge is -2.38. The molecule has 6 nitrogen and oxygen atoms in total. The van der Waals surface area contributed by atoms with E-state index >= 15 is 0 Å². The van der Waals surface area contributed by atoms with Gasteiger partial charge in [0, 0.05) is 44.5 Å². The SMILES string of the molecule is COc1cccc(NC(=O)C(c2ccccc2)N2CCN(Cc3ccc(C#N)cc3)CC2)c1. The van der Waals surface area contributed by atoms with Crippen molar-refractivity contribution in [3.05, 3.63) is 95.6 Å². The molecule has 0 bridgehead atoms. The minimum Gasteiger partial charge on any atom is -0.497 e. The number of anilines is 1. The van der Waals surface area contributed by atoms with Gasteiger partial charge < -0.3 is 10.1 Å². The number of hydrogen-bond acceptors (Lipinski definition) is 5. The van der Waals surface area contributed by atoms with Crippen LogP contribution in [-0.2, 0) is 11.3 Å². The molecule has 1 atom stereocenters. The lowest BCUT2D eigenvalue weighted by atomic mass is 10.0. The Morgan fingerprint density at radius 2 is 1.73 bits per heavy atom. The van der Waals surface area contributed by atoms with Crippen LogP contribution in [0, 0.1) is 11.3 Å². The molecular weight excluding hydrogens is 412 g/mol. The molecule has 1 aliphatic heterocycles. The van der Waals surface area contributed by atoms with Crippen LogP contribution in [0.25, 0.3) is 0 Å². The summed E-state index contributed by atoms with van der Waals surface area (Å²) >= 11 is 0. The van der Waals surface area contributed by atoms with Gasteiger partial charge in [-0.25, -0.2) is 0 Å². The van der Waals surface area contributed by atoms with Gasteiger partial charge in [0.05, 0.1) is 18.7 Å². The highest BCUT2D eigenvalue weighted by atomic mass is 16.5. The van der Waals surface area contributed by atoms with Gasteiger partial charge in [-0.15, -0.1) is 0 Å². The highest BCUT2D eigenvalue weighted by molar-refractivity contribution is 5.95. The van der Waals surface area contributed by atoms with Crippen molar-refractivity contribution in [3.8, 4) is 11.8 Å². The van der Waals surface area contributed by atoms with Crippen molar-refractivity contribution >= 4 is 11.6 Å². The maximum atomic E-state index is 13.4. The maximum absolute atomic E-state index is 13.4. The van der Waals surface area contributed by atoms with Gasteiger partial charge in [0.1, 0.15) is 11.8 Å². The predicted molar refractivity (Wildman–Crippen MR) is 129 cm³/mol. The Labute approximate surface area is 195 Å². The monoisotopic (exact) mass is 440 g/mol. The van der Waals surface area contributed by atoms with Crippen molar-refractivity contribution in [2.24, 2.45) is 0 Å². The van der Waals surface area contributed by atoms with E-state index in [9.17, 15) is 4.79 Å². The molecule has 168 valence electrons. The Balaban J connectivity index is 1.44. The van der Waals surface area contributed by atoms with Crippen LogP contribution in [0.15, 0.2) is 78.9 Å². The van der Waals surface area contributed by atoms with Crippen LogP contribution in [0.5, 0.6) is 5.75 Å². The molecule has 33 heavy (non-hydrogen) atoms. The van der Waals surface area contributed by atoms with Gasteiger partial charge in [0.15, 0.2) is 0 Å². The van der Waals surface area contributed by atoms with Gasteiger partial charge in [-0.05, 0) is 35.4 Å². The highest BCUT2D eigenvalue weighted by Crippen LogP contribution is 2.26. The van der Waals surface area contributed by atoms with Gasteiger partial charge in [-0.1, -0.05) is 48.5 Å². The van der Waals surface area contributed by atoms with Gasteiger partial charge in [-0.2, -0.15) is 5.26 Å². The summed E-state index contributed by atoms with van der Waals surface area (Å²) in [5.74, 6) is 0.662. The number of nitrogens with zero attached hydrogens (tertiary/aromatic N) is 3. The maximum Gasteiger partial charge on any atom is 0.246 e. The number of ether oxygens (including phenoxy) is 1. The van der Waals surface area contributed by atoms with Crippen LogP contribution in [0.4, 0.5) is 5.69 Å². The molecule has 0 spiro atoms. The fourth-order valence-electron chi connectivity index (χ4n) is 4.20. The van der Waals surface area contributed by atoms with Gasteiger partial charge in [0.2, 0.25) is 5.91 Å². The molecule has 3 aromatic rings. The molecular formula is C27H28N4O2. The number of benzene rings is 3. The number of piperazine rings is 1. The fourth-order valence-corrected chi connectivity index (χ4v) is 4.20. The molecule has 1 fully saturated rings. The van der Waals surface area contributed by atoms with E-state index in [0.717, 1.165) is 44.0 Å². The average Bonchev–Trinajstić information content (AvgIpc) is 2.86. The third kappa shape index (κ3) is 5.78. The largest absolute Gasteiger partial charge is 0.497 e. The molecule has 1 aliphatic rings. The average molecular weight is 441 g/mol. The number of methoxy groups -OCH3 is 1. The third-order valence-corrected chi connectivity index (χ3v) is 5.96. The Morgan fingerprint density at radius 3 is 2.39 bits per heavy atom. The van der Waals surface area contributed by atoms with Crippen molar-refractivity contribution in [3.63, 3.8) is 0 Å². The van der Waals surface area contributed by atoms with E-state index < -0.39 is 0 Å². The van der Waals surface area contributed by atoms with Gasteiger partial charge >= 0.3 is 0 Å². The van der Waals surface area contributed by atoms with Crippen LogP contribution in [0.1, 0.15) is 22.7 Å². The molecule has 0 radical (unpaired) electrons. The van der Waals surface area contributed by atoms with Crippen LogP contribution < -0.4 is 10.1 Å². The molecule has 0 saturated carbocycles. The van der Waals surface area contributed by atoms with Crippen molar-refractivity contribution in [1.82, 2.24) is 9.80 Å². The van der Waals surface area contributed by atoms with Crippen molar-refractivity contribution in [1.29, 1.82) is 5.26 Å². The van der Waals surface area contributed by atoms with Crippen LogP contribution in [0.3, 0.4) is 0 Å². The predicted octanol–water partition coefficient (Wildman–Crippen LogP) is 4.06. The quantitative estimate of drug-likeness (QED) is 0.600. The van der Waals surface area contributed by atoms with E-state index in [0.29, 0.717) is 11.3 Å². The summed E-state index contributed by atoms with van der Waals surface area (Å²) in [6.07, 6.45) is 0. The third-order valence-electron chi connectivity index (χ3n) is 5.96. The summed E-state index contributed by atoms with van der Waals surface area (Å²) in [5, 5.41) is 12.1. The lowest BCUT2D eigenvalue weighted by molar-refractivity contribution is -0.122. The Bertz CT molecular complexity index is 1100. The minimum absolute atomic E-state index is 0.0463. The van der Waals surface area contributed by atoms with Crippen molar-refractivity contribution in [2.45, 2.75) is 12.6 Å². The molecule has 0 aliphatic carbocycles. The van der Waals surface area contributed by atoms with E-state index in [-0.39, 0.29) is 11.9 Å². The zero-order chi connectivity index (χ0) is 23.0. The first-order valence-electron chi connectivity index (χ1n) is 11.1. The molecule has 4 rings (SSSR count). The molecule has 6 heteroatoms. The molecule has 1 N–H and O–H groups in total. The molecule has 1 unspecified atom stereocenters. The van der Waals surface area contributed by atoms with E-state index in [2.05, 4.69) is 21.2 Å². The highest BCUT2D eigenvalue weighted by Gasteiger charge is 2.30. The van der Waals surface area contributed by atoms with Crippen LogP contribution in [0.2, 0.25) is 0 Å². The van der Waals surface area contributed by atoms with Crippen LogP contribution in [-0.4, -0.2) is 49.0 Å². The van der Waals surface area contributed by atoms with E-state index in [1.807, 2.05) is 78.9 Å². The second kappa shape index (κ2) is 10.8. The van der Waals surface area contributed by atoms with E-state index in [1.165, 1.54) is 5.56 Å². The minimum atomic E-state index is -0.366. The summed E-state index contributed by atoms with van der Waals surface area (Å²) in [5.41, 5.74) is 3.58. The Morgan fingerprint density at radius 1 is 1.00 bits per heavy atom. The second-order valence-corrected chi connectivity index (χ2v) is 8.16. The second-order valence-electron chi connectivity index (χ2n) is 8.16. The topological polar surface area (TPSA) is 68.6 Å². The van der Waals surface area contributed by atoms with E-state index in [4.69, 9.17) is 10.00 Å². The first-order valence-corrected chi connectivity index (χ1v) is 11.1. The zero-order valence-electron chi connectivity index (χ0n) is 18.8. The molecule has 0 aromatic heterocycles. The number of carbonyl (C=O) groups is 1.